The van der Waals surface area contributed by atoms with Crippen LogP contribution < -0.4 is 14.8 Å². The highest BCUT2D eigenvalue weighted by molar-refractivity contribution is 5.90. The van der Waals surface area contributed by atoms with Crippen LogP contribution in [0.4, 0.5) is 5.69 Å². The van der Waals surface area contributed by atoms with Crippen LogP contribution in [0.15, 0.2) is 48.5 Å². The summed E-state index contributed by atoms with van der Waals surface area (Å²) < 4.78 is 10.8. The van der Waals surface area contributed by atoms with Gasteiger partial charge in [0.05, 0.1) is 13.7 Å². The summed E-state index contributed by atoms with van der Waals surface area (Å²) >= 11 is 0. The Morgan fingerprint density at radius 3 is 2.28 bits per heavy atom. The standard InChI is InChI=1S/C23H31N3O3/c1-25-13-15-26(16-14-25)18-19-5-7-20(8-6-19)24-23(27)4-3-17-29-22-11-9-21(28-2)10-12-22/h5-12H,3-4,13-18H2,1-2H3,(H,24,27). The number of hydrogen-bond acceptors (Lipinski definition) is 5. The molecule has 1 saturated heterocycles. The number of benzene rings is 2. The van der Waals surface area contributed by atoms with Crippen molar-refractivity contribution in [3.8, 4) is 11.5 Å². The third-order valence-electron chi connectivity index (χ3n) is 5.12. The number of ether oxygens (including phenoxy) is 2. The van der Waals surface area contributed by atoms with Gasteiger partial charge in [-0.3, -0.25) is 9.69 Å². The molecule has 0 bridgehead atoms. The lowest BCUT2D eigenvalue weighted by Gasteiger charge is -2.32. The largest absolute Gasteiger partial charge is 0.497 e. The monoisotopic (exact) mass is 397 g/mol. The van der Waals surface area contributed by atoms with Crippen LogP contribution in [0.3, 0.4) is 0 Å². The van der Waals surface area contributed by atoms with Gasteiger partial charge in [0.2, 0.25) is 5.91 Å². The molecule has 1 heterocycles. The zero-order valence-corrected chi connectivity index (χ0v) is 17.4. The topological polar surface area (TPSA) is 54.0 Å². The van der Waals surface area contributed by atoms with Crippen molar-refractivity contribution in [3.05, 3.63) is 54.1 Å². The molecule has 6 nitrogen and oxygen atoms in total. The van der Waals surface area contributed by atoms with Crippen molar-refractivity contribution in [2.45, 2.75) is 19.4 Å². The van der Waals surface area contributed by atoms with Crippen molar-refractivity contribution < 1.29 is 14.3 Å². The maximum Gasteiger partial charge on any atom is 0.224 e. The lowest BCUT2D eigenvalue weighted by molar-refractivity contribution is -0.116. The summed E-state index contributed by atoms with van der Waals surface area (Å²) in [6.45, 7) is 5.92. The van der Waals surface area contributed by atoms with E-state index >= 15 is 0 Å². The van der Waals surface area contributed by atoms with E-state index in [2.05, 4.69) is 34.3 Å². The second-order valence-electron chi connectivity index (χ2n) is 7.45. The van der Waals surface area contributed by atoms with Crippen LogP contribution in [-0.4, -0.2) is 62.7 Å². The first-order chi connectivity index (χ1) is 14.1. The number of carbonyl (C=O) groups is 1. The highest BCUT2D eigenvalue weighted by Gasteiger charge is 2.13. The Bertz CT molecular complexity index is 754. The SMILES string of the molecule is COc1ccc(OCCCC(=O)Nc2ccc(CN3CCN(C)CC3)cc2)cc1. The van der Waals surface area contributed by atoms with Gasteiger partial charge in [-0.1, -0.05) is 12.1 Å². The number of methoxy groups -OCH3 is 1. The fraction of sp³-hybridized carbons (Fsp3) is 0.435. The molecule has 0 spiro atoms. The molecular formula is C23H31N3O3. The lowest BCUT2D eigenvalue weighted by Crippen LogP contribution is -2.43. The van der Waals surface area contributed by atoms with Gasteiger partial charge in [-0.2, -0.15) is 0 Å². The van der Waals surface area contributed by atoms with E-state index in [1.165, 1.54) is 5.56 Å². The number of piperazine rings is 1. The van der Waals surface area contributed by atoms with Gasteiger partial charge in [0.15, 0.2) is 0 Å². The van der Waals surface area contributed by atoms with E-state index in [4.69, 9.17) is 9.47 Å². The highest BCUT2D eigenvalue weighted by Crippen LogP contribution is 2.17. The summed E-state index contributed by atoms with van der Waals surface area (Å²) in [6, 6.07) is 15.6. The molecule has 0 aliphatic carbocycles. The molecule has 0 unspecified atom stereocenters. The van der Waals surface area contributed by atoms with Gasteiger partial charge in [-0.15, -0.1) is 0 Å². The van der Waals surface area contributed by atoms with Gasteiger partial charge < -0.3 is 19.7 Å². The van der Waals surface area contributed by atoms with E-state index in [9.17, 15) is 4.79 Å². The van der Waals surface area contributed by atoms with Gasteiger partial charge in [0, 0.05) is 44.8 Å². The molecule has 6 heteroatoms. The Morgan fingerprint density at radius 2 is 1.62 bits per heavy atom. The first kappa shape index (κ1) is 21.1. The van der Waals surface area contributed by atoms with E-state index in [-0.39, 0.29) is 5.91 Å². The van der Waals surface area contributed by atoms with Crippen LogP contribution in [0.2, 0.25) is 0 Å². The minimum absolute atomic E-state index is 0.00940. The third-order valence-corrected chi connectivity index (χ3v) is 5.12. The van der Waals surface area contributed by atoms with E-state index in [0.29, 0.717) is 19.4 Å². The van der Waals surface area contributed by atoms with Crippen molar-refractivity contribution in [3.63, 3.8) is 0 Å². The third kappa shape index (κ3) is 7.07. The average Bonchev–Trinajstić information content (AvgIpc) is 2.75. The number of anilines is 1. The fourth-order valence-corrected chi connectivity index (χ4v) is 3.28. The summed E-state index contributed by atoms with van der Waals surface area (Å²) in [5.74, 6) is 1.59. The zero-order valence-electron chi connectivity index (χ0n) is 17.4. The molecule has 2 aromatic carbocycles. The van der Waals surface area contributed by atoms with Crippen molar-refractivity contribution in [1.82, 2.24) is 9.80 Å². The normalized spacial score (nSPS) is 15.1. The first-order valence-electron chi connectivity index (χ1n) is 10.2. The lowest BCUT2D eigenvalue weighted by atomic mass is 10.1. The molecule has 29 heavy (non-hydrogen) atoms. The number of carbonyl (C=O) groups excluding carboxylic acids is 1. The Hall–Kier alpha value is -2.57. The molecule has 0 aromatic heterocycles. The Balaban J connectivity index is 1.34. The van der Waals surface area contributed by atoms with Crippen LogP contribution >= 0.6 is 0 Å². The maximum atomic E-state index is 12.1. The van der Waals surface area contributed by atoms with Gasteiger partial charge in [0.1, 0.15) is 11.5 Å². The molecule has 1 fully saturated rings. The Kier molecular flexibility index (Phi) is 7.90. The number of nitrogens with one attached hydrogen (secondary N) is 1. The minimum Gasteiger partial charge on any atom is -0.497 e. The van der Waals surface area contributed by atoms with Crippen LogP contribution in [0.25, 0.3) is 0 Å². The van der Waals surface area contributed by atoms with Crippen LogP contribution in [0.1, 0.15) is 18.4 Å². The molecule has 0 saturated carbocycles. The van der Waals surface area contributed by atoms with Crippen LogP contribution in [-0.2, 0) is 11.3 Å². The Morgan fingerprint density at radius 1 is 0.966 bits per heavy atom. The smallest absolute Gasteiger partial charge is 0.224 e. The molecule has 1 aliphatic heterocycles. The van der Waals surface area contributed by atoms with Crippen molar-refractivity contribution in [2.75, 3.05) is 52.3 Å². The van der Waals surface area contributed by atoms with Crippen LogP contribution in [0.5, 0.6) is 11.5 Å². The second-order valence-corrected chi connectivity index (χ2v) is 7.45. The summed E-state index contributed by atoms with van der Waals surface area (Å²) in [4.78, 5) is 17.0. The van der Waals surface area contributed by atoms with Crippen molar-refractivity contribution in [2.24, 2.45) is 0 Å². The summed E-state index contributed by atoms with van der Waals surface area (Å²) in [5.41, 5.74) is 2.12. The van der Waals surface area contributed by atoms with E-state index in [1.54, 1.807) is 7.11 Å². The Labute approximate surface area is 173 Å². The van der Waals surface area contributed by atoms with E-state index in [1.807, 2.05) is 36.4 Å². The van der Waals surface area contributed by atoms with Crippen molar-refractivity contribution >= 4 is 11.6 Å². The molecular weight excluding hydrogens is 366 g/mol. The first-order valence-corrected chi connectivity index (χ1v) is 10.2. The van der Waals surface area contributed by atoms with E-state index in [0.717, 1.165) is 49.9 Å². The number of nitrogens with zero attached hydrogens (tertiary/aromatic N) is 2. The second kappa shape index (κ2) is 10.8. The molecule has 0 atom stereocenters. The highest BCUT2D eigenvalue weighted by atomic mass is 16.5. The molecule has 3 rings (SSSR count). The molecule has 1 amide bonds. The molecule has 1 N–H and O–H groups in total. The molecule has 1 aliphatic rings. The van der Waals surface area contributed by atoms with Gasteiger partial charge in [-0.25, -0.2) is 0 Å². The van der Waals surface area contributed by atoms with Gasteiger partial charge in [0.25, 0.3) is 0 Å². The van der Waals surface area contributed by atoms with E-state index < -0.39 is 0 Å². The molecule has 156 valence electrons. The van der Waals surface area contributed by atoms with Crippen molar-refractivity contribution in [1.29, 1.82) is 0 Å². The molecule has 0 radical (unpaired) electrons. The van der Waals surface area contributed by atoms with Crippen LogP contribution in [0, 0.1) is 0 Å². The molecule has 2 aromatic rings. The predicted octanol–water partition coefficient (Wildman–Crippen LogP) is 3.24. The number of likely N-dealkylation sites (N-methyl/N-ethyl adjacent to an activating group) is 1. The van der Waals surface area contributed by atoms with Gasteiger partial charge >= 0.3 is 0 Å². The quantitative estimate of drug-likeness (QED) is 0.659. The zero-order chi connectivity index (χ0) is 20.5. The average molecular weight is 398 g/mol. The summed E-state index contributed by atoms with van der Waals surface area (Å²) in [5, 5.41) is 2.96. The predicted molar refractivity (Wildman–Crippen MR) is 116 cm³/mol. The number of hydrogen-bond donors (Lipinski definition) is 1. The summed E-state index contributed by atoms with van der Waals surface area (Å²) in [6.07, 6.45) is 1.10. The number of rotatable bonds is 9. The minimum atomic E-state index is 0.00940. The van der Waals surface area contributed by atoms with Gasteiger partial charge in [-0.05, 0) is 55.4 Å². The fourth-order valence-electron chi connectivity index (χ4n) is 3.28. The number of amides is 1. The summed E-state index contributed by atoms with van der Waals surface area (Å²) in [7, 11) is 3.80. The maximum absolute atomic E-state index is 12.1.